The molecule has 19 heavy (non-hydrogen) atoms. The standard InChI is InChI=1S/C14H27NO4/c1-2-3-4-5-6-7-8-9-10-11-12-13(14(16)17)15(18)19/h13H,2-12H2,1H3,(H,16,17). The Bertz CT molecular complexity index is 242. The van der Waals surface area contributed by atoms with Gasteiger partial charge >= 0.3 is 12.0 Å². The number of nitro groups is 1. The van der Waals surface area contributed by atoms with Gasteiger partial charge in [0, 0.05) is 11.3 Å². The monoisotopic (exact) mass is 273 g/mol. The van der Waals surface area contributed by atoms with E-state index in [2.05, 4.69) is 6.92 Å². The van der Waals surface area contributed by atoms with E-state index < -0.39 is 16.9 Å². The van der Waals surface area contributed by atoms with Gasteiger partial charge in [-0.1, -0.05) is 64.7 Å². The van der Waals surface area contributed by atoms with Crippen LogP contribution in [0.1, 0.15) is 77.6 Å². The molecular weight excluding hydrogens is 246 g/mol. The van der Waals surface area contributed by atoms with Crippen molar-refractivity contribution in [1.29, 1.82) is 0 Å². The van der Waals surface area contributed by atoms with Crippen LogP contribution in [0.2, 0.25) is 0 Å². The topological polar surface area (TPSA) is 80.4 Å². The number of carboxylic acids is 1. The third kappa shape index (κ3) is 10.5. The third-order valence-electron chi connectivity index (χ3n) is 3.37. The summed E-state index contributed by atoms with van der Waals surface area (Å²) in [5, 5.41) is 19.1. The van der Waals surface area contributed by atoms with Crippen molar-refractivity contribution in [3.05, 3.63) is 10.1 Å². The molecule has 5 nitrogen and oxygen atoms in total. The Balaban J connectivity index is 3.35. The first-order chi connectivity index (χ1) is 9.09. The first-order valence-electron chi connectivity index (χ1n) is 7.46. The highest BCUT2D eigenvalue weighted by Crippen LogP contribution is 2.12. The van der Waals surface area contributed by atoms with Crippen molar-refractivity contribution in [2.45, 2.75) is 83.6 Å². The lowest BCUT2D eigenvalue weighted by molar-refractivity contribution is -0.511. The molecule has 0 aliphatic carbocycles. The summed E-state index contributed by atoms with van der Waals surface area (Å²) >= 11 is 0. The van der Waals surface area contributed by atoms with E-state index in [9.17, 15) is 14.9 Å². The van der Waals surface area contributed by atoms with Gasteiger partial charge in [0.1, 0.15) is 0 Å². The molecule has 5 heteroatoms. The molecule has 1 unspecified atom stereocenters. The molecule has 0 saturated heterocycles. The second kappa shape index (κ2) is 11.9. The lowest BCUT2D eigenvalue weighted by Gasteiger charge is -2.04. The van der Waals surface area contributed by atoms with Crippen LogP contribution < -0.4 is 0 Å². The summed E-state index contributed by atoms with van der Waals surface area (Å²) in [6.45, 7) is 2.20. The minimum atomic E-state index is -1.42. The summed E-state index contributed by atoms with van der Waals surface area (Å²) in [7, 11) is 0. The SMILES string of the molecule is CCCCCCCCCCCCC(C(=O)O)[N+](=O)[O-]. The zero-order valence-corrected chi connectivity index (χ0v) is 12.0. The van der Waals surface area contributed by atoms with Crippen LogP contribution in [0.25, 0.3) is 0 Å². The predicted octanol–water partition coefficient (Wildman–Crippen LogP) is 4.03. The number of hydrogen-bond donors (Lipinski definition) is 1. The van der Waals surface area contributed by atoms with Crippen molar-refractivity contribution in [2.75, 3.05) is 0 Å². The summed E-state index contributed by atoms with van der Waals surface area (Å²) < 4.78 is 0. The fourth-order valence-corrected chi connectivity index (χ4v) is 2.14. The maximum absolute atomic E-state index is 10.6. The lowest BCUT2D eigenvalue weighted by Crippen LogP contribution is -2.28. The van der Waals surface area contributed by atoms with Gasteiger partial charge in [0.05, 0.1) is 0 Å². The van der Waals surface area contributed by atoms with Crippen LogP contribution in [0, 0.1) is 10.1 Å². The molecule has 0 aromatic heterocycles. The molecule has 0 fully saturated rings. The summed E-state index contributed by atoms with van der Waals surface area (Å²) in [6, 6.07) is -1.42. The van der Waals surface area contributed by atoms with Crippen LogP contribution in [0.15, 0.2) is 0 Å². The molecule has 0 amide bonds. The average molecular weight is 273 g/mol. The Labute approximate surface area is 115 Å². The van der Waals surface area contributed by atoms with E-state index in [1.165, 1.54) is 38.5 Å². The van der Waals surface area contributed by atoms with E-state index >= 15 is 0 Å². The van der Waals surface area contributed by atoms with E-state index in [-0.39, 0.29) is 6.42 Å². The van der Waals surface area contributed by atoms with Gasteiger partial charge in [-0.05, 0) is 6.42 Å². The number of unbranched alkanes of at least 4 members (excludes halogenated alkanes) is 9. The maximum Gasteiger partial charge on any atom is 0.379 e. The molecule has 0 aliphatic heterocycles. The number of nitrogens with zero attached hydrogens (tertiary/aromatic N) is 1. The number of rotatable bonds is 13. The van der Waals surface area contributed by atoms with Crippen LogP contribution >= 0.6 is 0 Å². The number of carboxylic acid groups (broad SMARTS) is 1. The molecule has 0 aliphatic rings. The number of carbonyl (C=O) groups is 1. The van der Waals surface area contributed by atoms with Crippen molar-refractivity contribution in [2.24, 2.45) is 0 Å². The Morgan fingerprint density at radius 1 is 1.00 bits per heavy atom. The number of aliphatic carboxylic acids is 1. The van der Waals surface area contributed by atoms with E-state index in [4.69, 9.17) is 5.11 Å². The molecule has 0 radical (unpaired) electrons. The highest BCUT2D eigenvalue weighted by Gasteiger charge is 2.27. The average Bonchev–Trinajstić information content (AvgIpc) is 2.35. The Morgan fingerprint density at radius 2 is 1.42 bits per heavy atom. The third-order valence-corrected chi connectivity index (χ3v) is 3.37. The van der Waals surface area contributed by atoms with Gasteiger partial charge in [-0.15, -0.1) is 0 Å². The van der Waals surface area contributed by atoms with Gasteiger partial charge in [-0.3, -0.25) is 10.1 Å². The Kier molecular flexibility index (Phi) is 11.2. The smallest absolute Gasteiger partial charge is 0.379 e. The molecule has 1 N–H and O–H groups in total. The lowest BCUT2D eigenvalue weighted by atomic mass is 10.0. The van der Waals surface area contributed by atoms with Crippen molar-refractivity contribution in [1.82, 2.24) is 0 Å². The molecule has 0 aromatic carbocycles. The minimum Gasteiger partial charge on any atom is -0.476 e. The molecule has 0 bridgehead atoms. The van der Waals surface area contributed by atoms with Crippen molar-refractivity contribution in [3.63, 3.8) is 0 Å². The van der Waals surface area contributed by atoms with Crippen LogP contribution in [0.3, 0.4) is 0 Å². The van der Waals surface area contributed by atoms with Crippen LogP contribution in [0.4, 0.5) is 0 Å². The van der Waals surface area contributed by atoms with Crippen LogP contribution in [0.5, 0.6) is 0 Å². The summed E-state index contributed by atoms with van der Waals surface area (Å²) in [4.78, 5) is 20.3. The second-order valence-corrected chi connectivity index (χ2v) is 5.11. The first kappa shape index (κ1) is 17.9. The van der Waals surface area contributed by atoms with E-state index in [0.29, 0.717) is 6.42 Å². The molecular formula is C14H27NO4. The molecule has 0 heterocycles. The summed E-state index contributed by atoms with van der Waals surface area (Å²) in [5.41, 5.74) is 0. The Morgan fingerprint density at radius 3 is 1.79 bits per heavy atom. The first-order valence-corrected chi connectivity index (χ1v) is 7.46. The predicted molar refractivity (Wildman–Crippen MR) is 74.9 cm³/mol. The fourth-order valence-electron chi connectivity index (χ4n) is 2.14. The van der Waals surface area contributed by atoms with Crippen molar-refractivity contribution in [3.8, 4) is 0 Å². The highest BCUT2D eigenvalue weighted by atomic mass is 16.6. The van der Waals surface area contributed by atoms with Gasteiger partial charge in [0.2, 0.25) is 0 Å². The van der Waals surface area contributed by atoms with Crippen LogP contribution in [-0.2, 0) is 4.79 Å². The highest BCUT2D eigenvalue weighted by molar-refractivity contribution is 5.71. The van der Waals surface area contributed by atoms with Crippen LogP contribution in [-0.4, -0.2) is 22.0 Å². The van der Waals surface area contributed by atoms with Gasteiger partial charge in [-0.25, -0.2) is 4.79 Å². The summed E-state index contributed by atoms with van der Waals surface area (Å²) in [6.07, 6.45) is 11.6. The molecule has 112 valence electrons. The van der Waals surface area contributed by atoms with Crippen molar-refractivity contribution >= 4 is 5.97 Å². The quantitative estimate of drug-likeness (QED) is 0.312. The zero-order chi connectivity index (χ0) is 14.5. The number of hydrogen-bond acceptors (Lipinski definition) is 3. The zero-order valence-electron chi connectivity index (χ0n) is 12.0. The van der Waals surface area contributed by atoms with Gasteiger partial charge in [0.25, 0.3) is 0 Å². The van der Waals surface area contributed by atoms with Crippen molar-refractivity contribution < 1.29 is 14.8 Å². The Hall–Kier alpha value is -1.13. The fraction of sp³-hybridized carbons (Fsp3) is 0.929. The molecule has 0 rings (SSSR count). The molecule has 0 saturated carbocycles. The van der Waals surface area contributed by atoms with Gasteiger partial charge < -0.3 is 5.11 Å². The maximum atomic E-state index is 10.6. The largest absolute Gasteiger partial charge is 0.476 e. The molecule has 1 atom stereocenters. The van der Waals surface area contributed by atoms with Gasteiger partial charge in [0.15, 0.2) is 0 Å². The summed E-state index contributed by atoms with van der Waals surface area (Å²) in [5.74, 6) is -1.32. The van der Waals surface area contributed by atoms with E-state index in [1.807, 2.05) is 0 Å². The van der Waals surface area contributed by atoms with E-state index in [1.54, 1.807) is 0 Å². The molecule has 0 spiro atoms. The second-order valence-electron chi connectivity index (χ2n) is 5.11. The van der Waals surface area contributed by atoms with E-state index in [0.717, 1.165) is 19.3 Å². The van der Waals surface area contributed by atoms with Gasteiger partial charge in [-0.2, -0.15) is 0 Å². The normalized spacial score (nSPS) is 12.3. The molecule has 0 aromatic rings. The minimum absolute atomic E-state index is 0.152.